The van der Waals surface area contributed by atoms with Crippen LogP contribution >= 0.6 is 0 Å². The molecule has 0 saturated heterocycles. The third-order valence-corrected chi connectivity index (χ3v) is 11.2. The maximum Gasteiger partial charge on any atom is 0.306 e. The Morgan fingerprint density at radius 3 is 1.06 bits per heavy atom. The third kappa shape index (κ3) is 48.1. The molecule has 0 bridgehead atoms. The van der Waals surface area contributed by atoms with E-state index in [-0.39, 0.29) is 31.1 Å². The summed E-state index contributed by atoms with van der Waals surface area (Å²) >= 11 is 0. The summed E-state index contributed by atoms with van der Waals surface area (Å²) in [4.78, 5) is 37.7. The number of unbranched alkanes of at least 4 members (excludes halogenated alkanes) is 26. The van der Waals surface area contributed by atoms with Crippen molar-refractivity contribution in [2.24, 2.45) is 0 Å². The summed E-state index contributed by atoms with van der Waals surface area (Å²) in [5.74, 6) is -0.891. The van der Waals surface area contributed by atoms with E-state index in [4.69, 9.17) is 14.2 Å². The van der Waals surface area contributed by atoms with E-state index >= 15 is 0 Å². The Bertz CT molecular complexity index is 1130. The lowest BCUT2D eigenvalue weighted by atomic mass is 10.0. The number of ether oxygens (including phenoxy) is 3. The summed E-state index contributed by atoms with van der Waals surface area (Å²) in [6.45, 7) is 6.42. The molecule has 0 aliphatic heterocycles. The minimum Gasteiger partial charge on any atom is -0.462 e. The molecular weight excluding hydrogens is 769 g/mol. The molecule has 0 heterocycles. The predicted octanol–water partition coefficient (Wildman–Crippen LogP) is 17.3. The smallest absolute Gasteiger partial charge is 0.306 e. The molecule has 0 aromatic carbocycles. The Kier molecular flexibility index (Phi) is 48.4. The number of esters is 3. The second-order valence-electron chi connectivity index (χ2n) is 17.4. The Labute approximate surface area is 383 Å². The van der Waals surface area contributed by atoms with Crippen LogP contribution in [-0.2, 0) is 28.6 Å². The summed E-state index contributed by atoms with van der Waals surface area (Å²) in [6, 6.07) is 0. The lowest BCUT2D eigenvalue weighted by Gasteiger charge is -2.18. The van der Waals surface area contributed by atoms with E-state index in [0.29, 0.717) is 19.3 Å². The van der Waals surface area contributed by atoms with Crippen molar-refractivity contribution in [3.05, 3.63) is 60.8 Å². The SMILES string of the molecule is CC/C=C\C/C=C\C/C=C\C/C=C\CCCCCCCCCCCCCCCCC(=O)OCC(COC(=O)CCCCCCCCC)OC(=O)CCCCCCC/C=C\CCC. The average Bonchev–Trinajstić information content (AvgIpc) is 3.27. The van der Waals surface area contributed by atoms with E-state index < -0.39 is 6.10 Å². The minimum atomic E-state index is -0.772. The number of carbonyl (C=O) groups is 3. The molecule has 0 spiro atoms. The van der Waals surface area contributed by atoms with Gasteiger partial charge in [0.2, 0.25) is 0 Å². The van der Waals surface area contributed by atoms with Crippen molar-refractivity contribution in [3.8, 4) is 0 Å². The van der Waals surface area contributed by atoms with E-state index in [1.54, 1.807) is 0 Å². The molecule has 1 unspecified atom stereocenters. The molecular formula is C56H98O6. The van der Waals surface area contributed by atoms with Crippen LogP contribution in [-0.4, -0.2) is 37.2 Å². The first-order valence-corrected chi connectivity index (χ1v) is 26.3. The summed E-state index contributed by atoms with van der Waals surface area (Å²) in [6.07, 6.45) is 62.4. The van der Waals surface area contributed by atoms with E-state index in [1.165, 1.54) is 116 Å². The normalized spacial score (nSPS) is 12.5. The molecule has 0 amide bonds. The zero-order valence-electron chi connectivity index (χ0n) is 40.9. The lowest BCUT2D eigenvalue weighted by Crippen LogP contribution is -2.30. The molecule has 6 nitrogen and oxygen atoms in total. The van der Waals surface area contributed by atoms with Crippen molar-refractivity contribution < 1.29 is 28.6 Å². The van der Waals surface area contributed by atoms with Crippen molar-refractivity contribution in [3.63, 3.8) is 0 Å². The van der Waals surface area contributed by atoms with Gasteiger partial charge in [-0.2, -0.15) is 0 Å². The first-order chi connectivity index (χ1) is 30.5. The number of rotatable bonds is 47. The fourth-order valence-corrected chi connectivity index (χ4v) is 7.32. The molecule has 0 aromatic heterocycles. The Morgan fingerprint density at radius 2 is 0.661 bits per heavy atom. The van der Waals surface area contributed by atoms with Crippen LogP contribution in [0.3, 0.4) is 0 Å². The van der Waals surface area contributed by atoms with Gasteiger partial charge in [0.15, 0.2) is 6.10 Å². The van der Waals surface area contributed by atoms with Crippen LogP contribution in [0.2, 0.25) is 0 Å². The summed E-state index contributed by atoms with van der Waals surface area (Å²) in [7, 11) is 0. The quantitative estimate of drug-likeness (QED) is 0.0262. The first kappa shape index (κ1) is 59.1. The maximum absolute atomic E-state index is 12.7. The standard InChI is InChI=1S/C56H98O6/c1-4-7-10-13-16-18-20-21-22-23-24-25-26-27-28-29-30-31-32-33-34-35-36-38-40-43-46-49-55(58)61-52-53(51-60-54(57)48-45-42-39-15-12-9-6-3)62-56(59)50-47-44-41-37-19-17-14-11-8-5-2/h7,10-11,14,16,18,21-22,24-25,53H,4-6,8-9,12-13,15,17,19-20,23,26-52H2,1-3H3/b10-7-,14-11-,18-16-,22-21-,25-24-. The Morgan fingerprint density at radius 1 is 0.339 bits per heavy atom. The van der Waals surface area contributed by atoms with Crippen molar-refractivity contribution in [2.75, 3.05) is 13.2 Å². The van der Waals surface area contributed by atoms with Gasteiger partial charge < -0.3 is 14.2 Å². The number of hydrogen-bond acceptors (Lipinski definition) is 6. The predicted molar refractivity (Wildman–Crippen MR) is 265 cm³/mol. The molecule has 358 valence electrons. The largest absolute Gasteiger partial charge is 0.462 e. The minimum absolute atomic E-state index is 0.0757. The second kappa shape index (κ2) is 50.8. The highest BCUT2D eigenvalue weighted by molar-refractivity contribution is 5.71. The highest BCUT2D eigenvalue weighted by atomic mass is 16.6. The molecule has 0 rings (SSSR count). The van der Waals surface area contributed by atoms with E-state index in [9.17, 15) is 14.4 Å². The van der Waals surface area contributed by atoms with Gasteiger partial charge in [-0.1, -0.05) is 223 Å². The zero-order chi connectivity index (χ0) is 45.1. The first-order valence-electron chi connectivity index (χ1n) is 26.3. The Balaban J connectivity index is 4.04. The van der Waals surface area contributed by atoms with E-state index in [1.807, 2.05) is 0 Å². The van der Waals surface area contributed by atoms with Crippen molar-refractivity contribution in [1.82, 2.24) is 0 Å². The van der Waals surface area contributed by atoms with Crippen molar-refractivity contribution >= 4 is 17.9 Å². The summed E-state index contributed by atoms with van der Waals surface area (Å²) < 4.78 is 16.7. The molecule has 0 fully saturated rings. The van der Waals surface area contributed by atoms with Crippen molar-refractivity contribution in [2.45, 2.75) is 264 Å². The summed E-state index contributed by atoms with van der Waals surface area (Å²) in [5.41, 5.74) is 0. The number of carbonyl (C=O) groups excluding carboxylic acids is 3. The monoisotopic (exact) mass is 867 g/mol. The van der Waals surface area contributed by atoms with Gasteiger partial charge in [0.05, 0.1) is 0 Å². The average molecular weight is 867 g/mol. The highest BCUT2D eigenvalue weighted by Gasteiger charge is 2.19. The van der Waals surface area contributed by atoms with E-state index in [0.717, 1.165) is 103 Å². The van der Waals surface area contributed by atoms with Gasteiger partial charge in [-0.25, -0.2) is 0 Å². The topological polar surface area (TPSA) is 78.9 Å². The van der Waals surface area contributed by atoms with Gasteiger partial charge in [-0.05, 0) is 77.0 Å². The van der Waals surface area contributed by atoms with Gasteiger partial charge >= 0.3 is 17.9 Å². The van der Waals surface area contributed by atoms with Crippen LogP contribution in [0.1, 0.15) is 258 Å². The fourth-order valence-electron chi connectivity index (χ4n) is 7.32. The van der Waals surface area contributed by atoms with Gasteiger partial charge in [0.25, 0.3) is 0 Å². The van der Waals surface area contributed by atoms with Crippen LogP contribution < -0.4 is 0 Å². The van der Waals surface area contributed by atoms with Gasteiger partial charge in [-0.3, -0.25) is 14.4 Å². The van der Waals surface area contributed by atoms with Crippen LogP contribution in [0.4, 0.5) is 0 Å². The third-order valence-electron chi connectivity index (χ3n) is 11.2. The zero-order valence-corrected chi connectivity index (χ0v) is 40.9. The van der Waals surface area contributed by atoms with Gasteiger partial charge in [0, 0.05) is 19.3 Å². The summed E-state index contributed by atoms with van der Waals surface area (Å²) in [5, 5.41) is 0. The number of allylic oxidation sites excluding steroid dienone is 10. The second-order valence-corrected chi connectivity index (χ2v) is 17.4. The highest BCUT2D eigenvalue weighted by Crippen LogP contribution is 2.15. The molecule has 0 aromatic rings. The van der Waals surface area contributed by atoms with Gasteiger partial charge in [0.1, 0.15) is 13.2 Å². The van der Waals surface area contributed by atoms with E-state index in [2.05, 4.69) is 81.5 Å². The molecule has 0 N–H and O–H groups in total. The van der Waals surface area contributed by atoms with Crippen LogP contribution in [0.15, 0.2) is 60.8 Å². The van der Waals surface area contributed by atoms with Crippen molar-refractivity contribution in [1.29, 1.82) is 0 Å². The molecule has 0 saturated carbocycles. The van der Waals surface area contributed by atoms with Gasteiger partial charge in [-0.15, -0.1) is 0 Å². The molecule has 0 aliphatic rings. The maximum atomic E-state index is 12.7. The number of hydrogen-bond donors (Lipinski definition) is 0. The molecule has 62 heavy (non-hydrogen) atoms. The molecule has 0 aliphatic carbocycles. The fraction of sp³-hybridized carbons (Fsp3) is 0.768. The van der Waals surface area contributed by atoms with Crippen LogP contribution in [0, 0.1) is 0 Å². The molecule has 1 atom stereocenters. The van der Waals surface area contributed by atoms with Crippen LogP contribution in [0.25, 0.3) is 0 Å². The lowest BCUT2D eigenvalue weighted by molar-refractivity contribution is -0.167. The Hall–Kier alpha value is -2.89. The van der Waals surface area contributed by atoms with Crippen LogP contribution in [0.5, 0.6) is 0 Å². The molecule has 6 heteroatoms. The molecule has 0 radical (unpaired) electrons.